The first-order valence-electron chi connectivity index (χ1n) is 7.07. The third kappa shape index (κ3) is 3.47. The van der Waals surface area contributed by atoms with Gasteiger partial charge in [-0.2, -0.15) is 0 Å². The topological polar surface area (TPSA) is 63.2 Å². The van der Waals surface area contributed by atoms with Crippen molar-refractivity contribution in [2.75, 3.05) is 25.0 Å². The van der Waals surface area contributed by atoms with Gasteiger partial charge >= 0.3 is 0 Å². The standard InChI is InChI=1S/C16H16FN3O2/c17-12-2-1-3-13(8-12)20-16(21)11-4-5-14(19-9-11)15-10-18-6-7-22-15/h1-5,8-9,15,18H,6-7,10H2,(H,20,21). The number of carbonyl (C=O) groups is 1. The van der Waals surface area contributed by atoms with Gasteiger partial charge in [-0.15, -0.1) is 0 Å². The Morgan fingerprint density at radius 2 is 2.27 bits per heavy atom. The summed E-state index contributed by atoms with van der Waals surface area (Å²) in [6.45, 7) is 2.20. The number of benzene rings is 1. The molecule has 22 heavy (non-hydrogen) atoms. The Hall–Kier alpha value is -2.31. The van der Waals surface area contributed by atoms with Crippen molar-refractivity contribution in [2.45, 2.75) is 6.10 Å². The molecule has 1 atom stereocenters. The summed E-state index contributed by atoms with van der Waals surface area (Å²) in [5, 5.41) is 5.86. The molecule has 1 aliphatic heterocycles. The van der Waals surface area contributed by atoms with Crippen molar-refractivity contribution in [1.82, 2.24) is 10.3 Å². The molecule has 1 saturated heterocycles. The lowest BCUT2D eigenvalue weighted by molar-refractivity contribution is 0.0250. The number of rotatable bonds is 3. The minimum Gasteiger partial charge on any atom is -0.369 e. The minimum absolute atomic E-state index is 0.0888. The number of anilines is 1. The van der Waals surface area contributed by atoms with Crippen molar-refractivity contribution in [3.8, 4) is 0 Å². The second-order valence-electron chi connectivity index (χ2n) is 5.00. The molecule has 1 aliphatic rings. The van der Waals surface area contributed by atoms with Gasteiger partial charge < -0.3 is 15.4 Å². The molecule has 1 aromatic carbocycles. The van der Waals surface area contributed by atoms with Crippen molar-refractivity contribution in [1.29, 1.82) is 0 Å². The fourth-order valence-electron chi connectivity index (χ4n) is 2.25. The van der Waals surface area contributed by atoms with E-state index in [0.717, 1.165) is 12.2 Å². The van der Waals surface area contributed by atoms with E-state index in [1.807, 2.05) is 0 Å². The number of amides is 1. The van der Waals surface area contributed by atoms with Gasteiger partial charge in [-0.1, -0.05) is 6.07 Å². The van der Waals surface area contributed by atoms with Crippen LogP contribution in [0.4, 0.5) is 10.1 Å². The average Bonchev–Trinajstić information content (AvgIpc) is 2.56. The number of halogens is 1. The molecule has 1 fully saturated rings. The van der Waals surface area contributed by atoms with Crippen LogP contribution in [-0.4, -0.2) is 30.6 Å². The van der Waals surface area contributed by atoms with Crippen LogP contribution >= 0.6 is 0 Å². The fraction of sp³-hybridized carbons (Fsp3) is 0.250. The van der Waals surface area contributed by atoms with Crippen molar-refractivity contribution in [3.63, 3.8) is 0 Å². The van der Waals surface area contributed by atoms with Crippen LogP contribution in [0, 0.1) is 5.82 Å². The summed E-state index contributed by atoms with van der Waals surface area (Å²) in [5.41, 5.74) is 1.61. The third-order valence-corrected chi connectivity index (χ3v) is 3.39. The number of hydrogen-bond donors (Lipinski definition) is 2. The van der Waals surface area contributed by atoms with E-state index in [2.05, 4.69) is 15.6 Å². The summed E-state index contributed by atoms with van der Waals surface area (Å²) < 4.78 is 18.7. The van der Waals surface area contributed by atoms with Crippen LogP contribution < -0.4 is 10.6 Å². The Balaban J connectivity index is 1.68. The van der Waals surface area contributed by atoms with E-state index in [4.69, 9.17) is 4.74 Å². The van der Waals surface area contributed by atoms with Crippen molar-refractivity contribution < 1.29 is 13.9 Å². The van der Waals surface area contributed by atoms with E-state index in [9.17, 15) is 9.18 Å². The Bertz CT molecular complexity index is 655. The first-order chi connectivity index (χ1) is 10.7. The lowest BCUT2D eigenvalue weighted by Crippen LogP contribution is -2.33. The van der Waals surface area contributed by atoms with E-state index in [1.165, 1.54) is 18.3 Å². The molecule has 3 rings (SSSR count). The molecule has 0 aliphatic carbocycles. The van der Waals surface area contributed by atoms with Crippen LogP contribution in [0.5, 0.6) is 0 Å². The van der Waals surface area contributed by atoms with Gasteiger partial charge in [0.15, 0.2) is 0 Å². The van der Waals surface area contributed by atoms with Crippen LogP contribution in [0.1, 0.15) is 22.2 Å². The van der Waals surface area contributed by atoms with Crippen LogP contribution in [0.15, 0.2) is 42.6 Å². The second kappa shape index (κ2) is 6.64. The molecule has 1 unspecified atom stereocenters. The molecule has 0 radical (unpaired) electrons. The maximum absolute atomic E-state index is 13.1. The summed E-state index contributed by atoms with van der Waals surface area (Å²) in [6, 6.07) is 9.22. The molecular formula is C16H16FN3O2. The van der Waals surface area contributed by atoms with Gasteiger partial charge in [0.25, 0.3) is 5.91 Å². The number of nitrogens with one attached hydrogen (secondary N) is 2. The maximum atomic E-state index is 13.1. The van der Waals surface area contributed by atoms with E-state index in [1.54, 1.807) is 24.3 Å². The van der Waals surface area contributed by atoms with Gasteiger partial charge in [0.05, 0.1) is 17.9 Å². The summed E-state index contributed by atoms with van der Waals surface area (Å²) >= 11 is 0. The van der Waals surface area contributed by atoms with Gasteiger partial charge in [0.2, 0.25) is 0 Å². The van der Waals surface area contributed by atoms with Gasteiger partial charge in [0, 0.05) is 25.0 Å². The minimum atomic E-state index is -0.395. The molecule has 0 bridgehead atoms. The quantitative estimate of drug-likeness (QED) is 0.911. The molecule has 114 valence electrons. The van der Waals surface area contributed by atoms with Crippen molar-refractivity contribution >= 4 is 11.6 Å². The second-order valence-corrected chi connectivity index (χ2v) is 5.00. The van der Waals surface area contributed by atoms with E-state index < -0.39 is 5.82 Å². The van der Waals surface area contributed by atoms with Crippen LogP contribution in [0.25, 0.3) is 0 Å². The van der Waals surface area contributed by atoms with Crippen LogP contribution in [-0.2, 0) is 4.74 Å². The van der Waals surface area contributed by atoms with Crippen LogP contribution in [0.3, 0.4) is 0 Å². The monoisotopic (exact) mass is 301 g/mol. The van der Waals surface area contributed by atoms with Gasteiger partial charge in [-0.05, 0) is 30.3 Å². The lowest BCUT2D eigenvalue weighted by Gasteiger charge is -2.23. The molecule has 2 heterocycles. The van der Waals surface area contributed by atoms with E-state index >= 15 is 0 Å². The number of pyridine rings is 1. The number of nitrogens with zero attached hydrogens (tertiary/aromatic N) is 1. The smallest absolute Gasteiger partial charge is 0.257 e. The van der Waals surface area contributed by atoms with Gasteiger partial charge in [-0.3, -0.25) is 9.78 Å². The Kier molecular flexibility index (Phi) is 4.41. The number of hydrogen-bond acceptors (Lipinski definition) is 4. The fourth-order valence-corrected chi connectivity index (χ4v) is 2.25. The highest BCUT2D eigenvalue weighted by Crippen LogP contribution is 2.17. The predicted octanol–water partition coefficient (Wildman–Crippen LogP) is 2.13. The van der Waals surface area contributed by atoms with Crippen molar-refractivity contribution in [3.05, 3.63) is 59.7 Å². The highest BCUT2D eigenvalue weighted by Gasteiger charge is 2.17. The molecule has 0 spiro atoms. The van der Waals surface area contributed by atoms with Crippen molar-refractivity contribution in [2.24, 2.45) is 0 Å². The number of carbonyl (C=O) groups excluding carboxylic acids is 1. The molecule has 6 heteroatoms. The average molecular weight is 301 g/mol. The first kappa shape index (κ1) is 14.6. The maximum Gasteiger partial charge on any atom is 0.257 e. The zero-order chi connectivity index (χ0) is 15.4. The van der Waals surface area contributed by atoms with Gasteiger partial charge in [-0.25, -0.2) is 4.39 Å². The third-order valence-electron chi connectivity index (χ3n) is 3.39. The number of aromatic nitrogens is 1. The molecule has 5 nitrogen and oxygen atoms in total. The summed E-state index contributed by atoms with van der Waals surface area (Å²) in [6.07, 6.45) is 1.41. The Labute approximate surface area is 127 Å². The highest BCUT2D eigenvalue weighted by atomic mass is 19.1. The predicted molar refractivity (Wildman–Crippen MR) is 80.2 cm³/mol. The largest absolute Gasteiger partial charge is 0.369 e. The highest BCUT2D eigenvalue weighted by molar-refractivity contribution is 6.04. The van der Waals surface area contributed by atoms with E-state index in [0.29, 0.717) is 24.4 Å². The molecular weight excluding hydrogens is 285 g/mol. The molecule has 2 N–H and O–H groups in total. The molecule has 1 aromatic heterocycles. The zero-order valence-corrected chi connectivity index (χ0v) is 11.9. The SMILES string of the molecule is O=C(Nc1cccc(F)c1)c1ccc(C2CNCCO2)nc1. The molecule has 1 amide bonds. The van der Waals surface area contributed by atoms with Gasteiger partial charge in [0.1, 0.15) is 11.9 Å². The molecule has 2 aromatic rings. The van der Waals surface area contributed by atoms with Crippen LogP contribution in [0.2, 0.25) is 0 Å². The summed E-state index contributed by atoms with van der Waals surface area (Å²) in [7, 11) is 0. The Morgan fingerprint density at radius 1 is 1.36 bits per heavy atom. The first-order valence-corrected chi connectivity index (χ1v) is 7.07. The number of morpholine rings is 1. The lowest BCUT2D eigenvalue weighted by atomic mass is 10.1. The summed E-state index contributed by atoms with van der Waals surface area (Å²) in [5.74, 6) is -0.722. The number of ether oxygens (including phenoxy) is 1. The Morgan fingerprint density at radius 3 is 2.95 bits per heavy atom. The zero-order valence-electron chi connectivity index (χ0n) is 11.9. The van der Waals surface area contributed by atoms with E-state index in [-0.39, 0.29) is 12.0 Å². The normalized spacial score (nSPS) is 18.0. The summed E-state index contributed by atoms with van der Waals surface area (Å²) in [4.78, 5) is 16.4. The molecule has 0 saturated carbocycles.